The minimum atomic E-state index is 0. The van der Waals surface area contributed by atoms with E-state index in [1.807, 2.05) is 19.2 Å². The lowest BCUT2D eigenvalue weighted by Gasteiger charge is -2.30. The lowest BCUT2D eigenvalue weighted by Crippen LogP contribution is -2.33. The van der Waals surface area contributed by atoms with Crippen molar-refractivity contribution in [3.8, 4) is 0 Å². The number of benzene rings is 1. The number of rotatable bonds is 6. The van der Waals surface area contributed by atoms with Gasteiger partial charge >= 0.3 is 0 Å². The summed E-state index contributed by atoms with van der Waals surface area (Å²) in [6, 6.07) is 8.24. The quantitative estimate of drug-likeness (QED) is 0.816. The number of nitrogens with zero attached hydrogens (tertiary/aromatic N) is 1. The molecule has 0 aliphatic carbocycles. The second kappa shape index (κ2) is 11.7. The Balaban J connectivity index is 0.00000242. The summed E-state index contributed by atoms with van der Waals surface area (Å²) in [4.78, 5) is 14.2. The fourth-order valence-corrected chi connectivity index (χ4v) is 2.84. The van der Waals surface area contributed by atoms with Crippen LogP contribution in [-0.2, 0) is 11.3 Å². The first kappa shape index (κ1) is 22.2. The summed E-state index contributed by atoms with van der Waals surface area (Å²) >= 11 is 0. The summed E-state index contributed by atoms with van der Waals surface area (Å²) in [5, 5.41) is 5.90. The molecule has 0 spiro atoms. The Labute approximate surface area is 152 Å². The molecule has 1 aliphatic heterocycles. The Hall–Kier alpha value is -0.810. The van der Waals surface area contributed by atoms with Gasteiger partial charge in [0.1, 0.15) is 0 Å². The van der Waals surface area contributed by atoms with Crippen LogP contribution in [0.1, 0.15) is 31.7 Å². The fraction of sp³-hybridized carbons (Fsp3) is 0.588. The lowest BCUT2D eigenvalue weighted by molar-refractivity contribution is -0.116. The molecule has 1 amide bonds. The van der Waals surface area contributed by atoms with Crippen LogP contribution < -0.4 is 10.6 Å². The van der Waals surface area contributed by atoms with Crippen molar-refractivity contribution in [1.82, 2.24) is 10.2 Å². The molecule has 1 atom stereocenters. The van der Waals surface area contributed by atoms with E-state index in [-0.39, 0.29) is 30.7 Å². The number of nitrogens with one attached hydrogen (secondary N) is 2. The maximum absolute atomic E-state index is 11.6. The predicted octanol–water partition coefficient (Wildman–Crippen LogP) is 3.31. The van der Waals surface area contributed by atoms with Crippen molar-refractivity contribution in [2.45, 2.75) is 32.7 Å². The van der Waals surface area contributed by atoms with Gasteiger partial charge in [0.05, 0.1) is 0 Å². The molecule has 4 nitrogen and oxygen atoms in total. The summed E-state index contributed by atoms with van der Waals surface area (Å²) in [6.07, 6.45) is 3.17. The number of carbonyl (C=O) groups excluding carboxylic acids is 1. The van der Waals surface area contributed by atoms with Crippen molar-refractivity contribution in [1.29, 1.82) is 0 Å². The topological polar surface area (TPSA) is 44.4 Å². The van der Waals surface area contributed by atoms with Crippen LogP contribution in [0.4, 0.5) is 5.69 Å². The number of likely N-dealkylation sites (tertiary alicyclic amines) is 1. The zero-order chi connectivity index (χ0) is 15.1. The Morgan fingerprint density at radius 1 is 1.26 bits per heavy atom. The monoisotopic (exact) mass is 361 g/mol. The molecule has 1 unspecified atom stereocenters. The molecule has 2 rings (SSSR count). The highest BCUT2D eigenvalue weighted by Gasteiger charge is 2.16. The van der Waals surface area contributed by atoms with Crippen LogP contribution in [-0.4, -0.2) is 37.5 Å². The van der Waals surface area contributed by atoms with E-state index in [2.05, 4.69) is 34.6 Å². The molecule has 6 heteroatoms. The molecule has 0 aromatic heterocycles. The van der Waals surface area contributed by atoms with Crippen LogP contribution in [0, 0.1) is 5.92 Å². The van der Waals surface area contributed by atoms with E-state index in [9.17, 15) is 4.79 Å². The van der Waals surface area contributed by atoms with E-state index < -0.39 is 0 Å². The summed E-state index contributed by atoms with van der Waals surface area (Å²) in [5.41, 5.74) is 2.20. The maximum atomic E-state index is 11.6. The van der Waals surface area contributed by atoms with Gasteiger partial charge in [-0.1, -0.05) is 19.1 Å². The van der Waals surface area contributed by atoms with E-state index in [1.165, 1.54) is 31.5 Å². The second-order valence-electron chi connectivity index (χ2n) is 6.08. The Bertz CT molecular complexity index is 454. The van der Waals surface area contributed by atoms with E-state index in [4.69, 9.17) is 0 Å². The van der Waals surface area contributed by atoms with E-state index in [1.54, 1.807) is 0 Å². The molecule has 1 heterocycles. The number of halogens is 2. The highest BCUT2D eigenvalue weighted by atomic mass is 35.5. The summed E-state index contributed by atoms with van der Waals surface area (Å²) in [6.45, 7) is 6.45. The first-order valence-corrected chi connectivity index (χ1v) is 7.93. The van der Waals surface area contributed by atoms with Crippen LogP contribution in [0.5, 0.6) is 0 Å². The van der Waals surface area contributed by atoms with Gasteiger partial charge in [0.25, 0.3) is 0 Å². The molecule has 0 radical (unpaired) electrons. The standard InChI is InChI=1S/C17H27N3O.2ClH/c1-14-4-3-11-20(12-14)13-15-5-7-16(8-6-15)19-17(21)9-10-18-2;;/h5-8,14,18H,3-4,9-13H2,1-2H3,(H,19,21);2*1H. The number of piperidine rings is 1. The average molecular weight is 362 g/mol. The Kier molecular flexibility index (Phi) is 11.3. The molecule has 132 valence electrons. The van der Waals surface area contributed by atoms with Gasteiger partial charge in [0.15, 0.2) is 0 Å². The van der Waals surface area contributed by atoms with Crippen molar-refractivity contribution in [2.24, 2.45) is 5.92 Å². The molecule has 1 saturated heterocycles. The maximum Gasteiger partial charge on any atom is 0.225 e. The summed E-state index contributed by atoms with van der Waals surface area (Å²) < 4.78 is 0. The van der Waals surface area contributed by atoms with E-state index >= 15 is 0 Å². The third-order valence-corrected chi connectivity index (χ3v) is 3.99. The number of carbonyl (C=O) groups is 1. The zero-order valence-electron chi connectivity index (χ0n) is 14.0. The van der Waals surface area contributed by atoms with Gasteiger partial charge in [-0.2, -0.15) is 0 Å². The van der Waals surface area contributed by atoms with E-state index in [0.29, 0.717) is 13.0 Å². The molecular formula is C17H29Cl2N3O. The van der Waals surface area contributed by atoms with Crippen LogP contribution in [0.3, 0.4) is 0 Å². The Morgan fingerprint density at radius 3 is 2.57 bits per heavy atom. The first-order valence-electron chi connectivity index (χ1n) is 7.93. The number of hydrogen-bond acceptors (Lipinski definition) is 3. The molecular weight excluding hydrogens is 333 g/mol. The third kappa shape index (κ3) is 8.02. The van der Waals surface area contributed by atoms with Crippen molar-refractivity contribution >= 4 is 36.4 Å². The fourth-order valence-electron chi connectivity index (χ4n) is 2.84. The van der Waals surface area contributed by atoms with Gasteiger partial charge in [0, 0.05) is 31.7 Å². The van der Waals surface area contributed by atoms with Crippen molar-refractivity contribution < 1.29 is 4.79 Å². The summed E-state index contributed by atoms with van der Waals surface area (Å²) in [5.74, 6) is 0.867. The molecule has 0 bridgehead atoms. The van der Waals surface area contributed by atoms with Gasteiger partial charge in [-0.3, -0.25) is 9.69 Å². The third-order valence-electron chi connectivity index (χ3n) is 3.99. The van der Waals surface area contributed by atoms with Gasteiger partial charge in [-0.05, 0) is 50.0 Å². The van der Waals surface area contributed by atoms with Crippen molar-refractivity contribution in [3.05, 3.63) is 29.8 Å². The highest BCUT2D eigenvalue weighted by Crippen LogP contribution is 2.18. The molecule has 2 N–H and O–H groups in total. The van der Waals surface area contributed by atoms with Gasteiger partial charge in [-0.25, -0.2) is 0 Å². The lowest BCUT2D eigenvalue weighted by atomic mass is 10.00. The summed E-state index contributed by atoms with van der Waals surface area (Å²) in [7, 11) is 1.85. The minimum absolute atomic E-state index is 0. The molecule has 1 fully saturated rings. The second-order valence-corrected chi connectivity index (χ2v) is 6.08. The number of amides is 1. The highest BCUT2D eigenvalue weighted by molar-refractivity contribution is 5.90. The molecule has 0 saturated carbocycles. The molecule has 1 aromatic carbocycles. The molecule has 23 heavy (non-hydrogen) atoms. The van der Waals surface area contributed by atoms with Crippen molar-refractivity contribution in [3.63, 3.8) is 0 Å². The van der Waals surface area contributed by atoms with Gasteiger partial charge in [-0.15, -0.1) is 24.8 Å². The molecule has 1 aromatic rings. The SMILES string of the molecule is CNCCC(=O)Nc1ccc(CN2CCCC(C)C2)cc1.Cl.Cl. The number of anilines is 1. The van der Waals surface area contributed by atoms with E-state index in [0.717, 1.165) is 18.2 Å². The Morgan fingerprint density at radius 2 is 1.96 bits per heavy atom. The van der Waals surface area contributed by atoms with Crippen LogP contribution in [0.25, 0.3) is 0 Å². The number of hydrogen-bond donors (Lipinski definition) is 2. The smallest absolute Gasteiger partial charge is 0.225 e. The molecule has 1 aliphatic rings. The van der Waals surface area contributed by atoms with Crippen LogP contribution >= 0.6 is 24.8 Å². The first-order chi connectivity index (χ1) is 10.2. The average Bonchev–Trinajstić information content (AvgIpc) is 2.47. The predicted molar refractivity (Wildman–Crippen MR) is 102 cm³/mol. The van der Waals surface area contributed by atoms with Gasteiger partial charge in [0.2, 0.25) is 5.91 Å². The van der Waals surface area contributed by atoms with Crippen LogP contribution in [0.2, 0.25) is 0 Å². The largest absolute Gasteiger partial charge is 0.326 e. The van der Waals surface area contributed by atoms with Gasteiger partial charge < -0.3 is 10.6 Å². The zero-order valence-corrected chi connectivity index (χ0v) is 15.6. The normalized spacial score (nSPS) is 17.7. The van der Waals surface area contributed by atoms with Crippen molar-refractivity contribution in [2.75, 3.05) is 32.0 Å². The minimum Gasteiger partial charge on any atom is -0.326 e. The van der Waals surface area contributed by atoms with Crippen LogP contribution in [0.15, 0.2) is 24.3 Å².